The molecule has 3 nitrogen and oxygen atoms in total. The third-order valence-corrected chi connectivity index (χ3v) is 2.41. The van der Waals surface area contributed by atoms with E-state index >= 15 is 0 Å². The van der Waals surface area contributed by atoms with Gasteiger partial charge < -0.3 is 5.11 Å². The number of aromatic nitrogens is 1. The van der Waals surface area contributed by atoms with Crippen LogP contribution in [0.15, 0.2) is 36.7 Å². The topological polar surface area (TPSA) is 50.2 Å². The monoisotopic (exact) mass is 231 g/mol. The molecule has 0 aliphatic carbocycles. The zero-order valence-electron chi connectivity index (χ0n) is 9.14. The van der Waals surface area contributed by atoms with Crippen molar-refractivity contribution in [2.24, 2.45) is 0 Å². The Labute approximate surface area is 97.6 Å². The number of benzene rings is 1. The lowest BCUT2D eigenvalue weighted by Gasteiger charge is -2.04. The number of hydrogen-bond acceptors (Lipinski definition) is 2. The van der Waals surface area contributed by atoms with Crippen LogP contribution < -0.4 is 0 Å². The predicted molar refractivity (Wildman–Crippen MR) is 61.3 cm³/mol. The molecular weight excluding hydrogens is 221 g/mol. The van der Waals surface area contributed by atoms with Gasteiger partial charge in [0.2, 0.25) is 0 Å². The van der Waals surface area contributed by atoms with E-state index in [1.54, 1.807) is 18.5 Å². The molecular formula is C13H10FNO2. The van der Waals surface area contributed by atoms with Crippen molar-refractivity contribution in [2.45, 2.75) is 6.92 Å². The maximum absolute atomic E-state index is 13.5. The van der Waals surface area contributed by atoms with Crippen LogP contribution >= 0.6 is 0 Å². The highest BCUT2D eigenvalue weighted by atomic mass is 19.1. The Bertz CT molecular complexity index is 581. The Kier molecular flexibility index (Phi) is 2.87. The van der Waals surface area contributed by atoms with E-state index in [4.69, 9.17) is 5.11 Å². The lowest BCUT2D eigenvalue weighted by molar-refractivity contribution is 0.0692. The number of nitrogens with zero attached hydrogens (tertiary/aromatic N) is 1. The van der Waals surface area contributed by atoms with E-state index in [-0.39, 0.29) is 5.56 Å². The van der Waals surface area contributed by atoms with E-state index in [2.05, 4.69) is 4.98 Å². The normalized spacial score (nSPS) is 10.2. The molecule has 0 aliphatic heterocycles. The van der Waals surface area contributed by atoms with E-state index in [1.165, 1.54) is 12.1 Å². The first-order valence-electron chi connectivity index (χ1n) is 5.03. The molecule has 1 aromatic heterocycles. The number of carboxylic acids is 1. The van der Waals surface area contributed by atoms with Gasteiger partial charge in [-0.1, -0.05) is 6.07 Å². The minimum Gasteiger partial charge on any atom is -0.478 e. The molecule has 0 spiro atoms. The molecule has 2 aromatic rings. The van der Waals surface area contributed by atoms with E-state index in [0.717, 1.165) is 11.1 Å². The number of carbonyl (C=O) groups is 1. The predicted octanol–water partition coefficient (Wildman–Crippen LogP) is 2.89. The van der Waals surface area contributed by atoms with Crippen molar-refractivity contribution >= 4 is 5.97 Å². The fraction of sp³-hybridized carbons (Fsp3) is 0.0769. The average molecular weight is 231 g/mol. The Balaban J connectivity index is 2.48. The van der Waals surface area contributed by atoms with Gasteiger partial charge in [-0.3, -0.25) is 4.98 Å². The molecule has 0 amide bonds. The maximum Gasteiger partial charge on any atom is 0.338 e. The zero-order chi connectivity index (χ0) is 12.4. The molecule has 0 fully saturated rings. The molecule has 0 bridgehead atoms. The summed E-state index contributed by atoms with van der Waals surface area (Å²) in [6, 6.07) is 5.90. The standard InChI is InChI=1S/C13H10FNO2/c1-8-4-10(7-15-6-8)9-2-3-11(13(16)17)12(14)5-9/h2-7H,1H3,(H,16,17). The first-order chi connectivity index (χ1) is 8.08. The number of aromatic carboxylic acids is 1. The van der Waals surface area contributed by atoms with Crippen LogP contribution in [0.4, 0.5) is 4.39 Å². The molecule has 2 rings (SSSR count). The average Bonchev–Trinajstić information content (AvgIpc) is 2.28. The van der Waals surface area contributed by atoms with Crippen molar-refractivity contribution in [1.29, 1.82) is 0 Å². The smallest absolute Gasteiger partial charge is 0.338 e. The van der Waals surface area contributed by atoms with E-state index in [0.29, 0.717) is 5.56 Å². The van der Waals surface area contributed by atoms with Crippen LogP contribution in [0.3, 0.4) is 0 Å². The van der Waals surface area contributed by atoms with Crippen LogP contribution in [0, 0.1) is 12.7 Å². The largest absolute Gasteiger partial charge is 0.478 e. The number of pyridine rings is 1. The van der Waals surface area contributed by atoms with Crippen molar-refractivity contribution < 1.29 is 14.3 Å². The highest BCUT2D eigenvalue weighted by molar-refractivity contribution is 5.88. The van der Waals surface area contributed by atoms with Gasteiger partial charge in [-0.05, 0) is 36.2 Å². The van der Waals surface area contributed by atoms with E-state index in [1.807, 2.05) is 13.0 Å². The van der Waals surface area contributed by atoms with E-state index in [9.17, 15) is 9.18 Å². The number of aryl methyl sites for hydroxylation is 1. The summed E-state index contributed by atoms with van der Waals surface area (Å²) >= 11 is 0. The summed E-state index contributed by atoms with van der Waals surface area (Å²) < 4.78 is 13.5. The van der Waals surface area contributed by atoms with Crippen molar-refractivity contribution in [3.05, 3.63) is 53.6 Å². The molecule has 1 aromatic carbocycles. The number of hydrogen-bond donors (Lipinski definition) is 1. The summed E-state index contributed by atoms with van der Waals surface area (Å²) in [7, 11) is 0. The van der Waals surface area contributed by atoms with Gasteiger partial charge in [-0.15, -0.1) is 0 Å². The first kappa shape index (κ1) is 11.3. The van der Waals surface area contributed by atoms with Crippen LogP contribution in [0.2, 0.25) is 0 Å². The number of halogens is 1. The summed E-state index contributed by atoms with van der Waals surface area (Å²) in [6.07, 6.45) is 3.31. The van der Waals surface area contributed by atoms with Gasteiger partial charge in [0.05, 0.1) is 5.56 Å². The van der Waals surface area contributed by atoms with Crippen molar-refractivity contribution in [3.63, 3.8) is 0 Å². The quantitative estimate of drug-likeness (QED) is 0.864. The van der Waals surface area contributed by atoms with Gasteiger partial charge >= 0.3 is 5.97 Å². The molecule has 0 atom stereocenters. The third kappa shape index (κ3) is 2.30. The highest BCUT2D eigenvalue weighted by Gasteiger charge is 2.11. The summed E-state index contributed by atoms with van der Waals surface area (Å²) in [6.45, 7) is 1.89. The third-order valence-electron chi connectivity index (χ3n) is 2.41. The fourth-order valence-electron chi connectivity index (χ4n) is 1.58. The molecule has 1 N–H and O–H groups in total. The van der Waals surface area contributed by atoms with Gasteiger partial charge in [0, 0.05) is 18.0 Å². The Morgan fingerprint density at radius 3 is 2.59 bits per heavy atom. The lowest BCUT2D eigenvalue weighted by Crippen LogP contribution is -2.00. The second-order valence-electron chi connectivity index (χ2n) is 3.75. The summed E-state index contributed by atoms with van der Waals surface area (Å²) in [4.78, 5) is 14.7. The first-order valence-corrected chi connectivity index (χ1v) is 5.03. The van der Waals surface area contributed by atoms with Gasteiger partial charge in [-0.2, -0.15) is 0 Å². The van der Waals surface area contributed by atoms with E-state index < -0.39 is 11.8 Å². The van der Waals surface area contributed by atoms with Crippen molar-refractivity contribution in [3.8, 4) is 11.1 Å². The summed E-state index contributed by atoms with van der Waals surface area (Å²) in [5.41, 5.74) is 2.02. The number of rotatable bonds is 2. The van der Waals surface area contributed by atoms with Crippen LogP contribution in [0.5, 0.6) is 0 Å². The van der Waals surface area contributed by atoms with Gasteiger partial charge in [0.1, 0.15) is 5.82 Å². The molecule has 4 heteroatoms. The molecule has 0 unspecified atom stereocenters. The number of carboxylic acid groups (broad SMARTS) is 1. The van der Waals surface area contributed by atoms with Crippen molar-refractivity contribution in [1.82, 2.24) is 4.98 Å². The minimum atomic E-state index is -1.27. The zero-order valence-corrected chi connectivity index (χ0v) is 9.14. The second kappa shape index (κ2) is 4.33. The van der Waals surface area contributed by atoms with Crippen LogP contribution in [-0.4, -0.2) is 16.1 Å². The van der Waals surface area contributed by atoms with Crippen LogP contribution in [0.1, 0.15) is 15.9 Å². The Morgan fingerprint density at radius 1 is 1.24 bits per heavy atom. The highest BCUT2D eigenvalue weighted by Crippen LogP contribution is 2.22. The molecule has 0 radical (unpaired) electrons. The SMILES string of the molecule is Cc1cncc(-c2ccc(C(=O)O)c(F)c2)c1. The lowest BCUT2D eigenvalue weighted by atomic mass is 10.0. The van der Waals surface area contributed by atoms with Gasteiger partial charge in [0.15, 0.2) is 0 Å². The molecule has 1 heterocycles. The minimum absolute atomic E-state index is 0.325. The summed E-state index contributed by atoms with van der Waals surface area (Å²) in [5, 5.41) is 8.72. The Morgan fingerprint density at radius 2 is 2.00 bits per heavy atom. The van der Waals surface area contributed by atoms with Crippen LogP contribution in [0.25, 0.3) is 11.1 Å². The van der Waals surface area contributed by atoms with Crippen molar-refractivity contribution in [2.75, 3.05) is 0 Å². The molecule has 0 aliphatic rings. The Hall–Kier alpha value is -2.23. The summed E-state index contributed by atoms with van der Waals surface area (Å²) in [5.74, 6) is -2.01. The molecule has 17 heavy (non-hydrogen) atoms. The maximum atomic E-state index is 13.5. The fourth-order valence-corrected chi connectivity index (χ4v) is 1.58. The molecule has 86 valence electrons. The molecule has 0 saturated carbocycles. The molecule has 0 saturated heterocycles. The van der Waals surface area contributed by atoms with Gasteiger partial charge in [-0.25, -0.2) is 9.18 Å². The van der Waals surface area contributed by atoms with Crippen LogP contribution in [-0.2, 0) is 0 Å². The van der Waals surface area contributed by atoms with Gasteiger partial charge in [0.25, 0.3) is 0 Å². The second-order valence-corrected chi connectivity index (χ2v) is 3.75.